The summed E-state index contributed by atoms with van der Waals surface area (Å²) in [4.78, 5) is 14.2. The molecule has 0 bridgehead atoms. The minimum absolute atomic E-state index is 0.00568. The number of amides is 1. The molecular weight excluding hydrogens is 278 g/mol. The van der Waals surface area contributed by atoms with Gasteiger partial charge in [-0.3, -0.25) is 4.79 Å². The maximum Gasteiger partial charge on any atom is 0.254 e. The molecule has 1 aromatic rings. The first-order valence-corrected chi connectivity index (χ1v) is 8.00. The smallest absolute Gasteiger partial charge is 0.254 e. The third-order valence-corrected chi connectivity index (χ3v) is 4.56. The van der Waals surface area contributed by atoms with Crippen LogP contribution in [-0.2, 0) is 10.0 Å². The highest BCUT2D eigenvalue weighted by Gasteiger charge is 2.25. The van der Waals surface area contributed by atoms with Crippen LogP contribution in [0.25, 0.3) is 0 Å². The van der Waals surface area contributed by atoms with Gasteiger partial charge >= 0.3 is 0 Å². The van der Waals surface area contributed by atoms with Crippen molar-refractivity contribution in [1.82, 2.24) is 10.2 Å². The quantitative estimate of drug-likeness (QED) is 0.808. The molecule has 0 saturated carbocycles. The number of sulfonamides is 1. The number of nitrogens with zero attached hydrogens (tertiary/aromatic N) is 1. The number of rotatable bonds is 2. The molecule has 0 radical (unpaired) electrons. The SMILES string of the molecule is Cc1ccc(C(=O)N2CCNC[C@H]2C)cc1S(N)(=O)=O. The van der Waals surface area contributed by atoms with E-state index in [0.29, 0.717) is 17.7 Å². The fourth-order valence-electron chi connectivity index (χ4n) is 2.35. The van der Waals surface area contributed by atoms with Gasteiger partial charge in [0.2, 0.25) is 10.0 Å². The highest BCUT2D eigenvalue weighted by atomic mass is 32.2. The van der Waals surface area contributed by atoms with Crippen LogP contribution in [0, 0.1) is 6.92 Å². The van der Waals surface area contributed by atoms with Gasteiger partial charge in [0.15, 0.2) is 0 Å². The second-order valence-corrected chi connectivity index (χ2v) is 6.61. The number of aryl methyl sites for hydroxylation is 1. The van der Waals surface area contributed by atoms with E-state index in [1.165, 1.54) is 6.07 Å². The lowest BCUT2D eigenvalue weighted by Gasteiger charge is -2.34. The minimum atomic E-state index is -3.82. The number of nitrogens with one attached hydrogen (secondary N) is 1. The molecule has 0 aromatic heterocycles. The molecule has 2 rings (SSSR count). The maximum atomic E-state index is 12.5. The molecule has 6 nitrogen and oxygen atoms in total. The van der Waals surface area contributed by atoms with Gasteiger partial charge in [-0.25, -0.2) is 13.6 Å². The van der Waals surface area contributed by atoms with Crippen LogP contribution in [0.1, 0.15) is 22.8 Å². The van der Waals surface area contributed by atoms with Crippen LogP contribution in [0.5, 0.6) is 0 Å². The zero-order valence-electron chi connectivity index (χ0n) is 11.6. The van der Waals surface area contributed by atoms with Crippen LogP contribution in [0.2, 0.25) is 0 Å². The Morgan fingerprint density at radius 3 is 2.75 bits per heavy atom. The third-order valence-electron chi connectivity index (χ3n) is 3.50. The number of hydrogen-bond acceptors (Lipinski definition) is 4. The van der Waals surface area contributed by atoms with Crippen LogP contribution in [0.15, 0.2) is 23.1 Å². The van der Waals surface area contributed by atoms with Crippen molar-refractivity contribution in [2.45, 2.75) is 24.8 Å². The topological polar surface area (TPSA) is 92.5 Å². The zero-order valence-corrected chi connectivity index (χ0v) is 12.4. The Hall–Kier alpha value is -1.44. The van der Waals surface area contributed by atoms with Crippen molar-refractivity contribution in [2.75, 3.05) is 19.6 Å². The Labute approximate surface area is 119 Å². The van der Waals surface area contributed by atoms with Gasteiger partial charge in [0.25, 0.3) is 5.91 Å². The monoisotopic (exact) mass is 297 g/mol. The van der Waals surface area contributed by atoms with Crippen molar-refractivity contribution >= 4 is 15.9 Å². The van der Waals surface area contributed by atoms with Crippen molar-refractivity contribution in [3.05, 3.63) is 29.3 Å². The van der Waals surface area contributed by atoms with E-state index < -0.39 is 10.0 Å². The first-order valence-electron chi connectivity index (χ1n) is 6.46. The van der Waals surface area contributed by atoms with Gasteiger partial charge in [0.05, 0.1) is 4.90 Å². The fourth-order valence-corrected chi connectivity index (χ4v) is 3.16. The predicted molar refractivity (Wildman–Crippen MR) is 75.9 cm³/mol. The summed E-state index contributed by atoms with van der Waals surface area (Å²) >= 11 is 0. The van der Waals surface area contributed by atoms with Crippen molar-refractivity contribution in [3.63, 3.8) is 0 Å². The summed E-state index contributed by atoms with van der Waals surface area (Å²) < 4.78 is 23.0. The van der Waals surface area contributed by atoms with Gasteiger partial charge in [0, 0.05) is 31.2 Å². The largest absolute Gasteiger partial charge is 0.333 e. The lowest BCUT2D eigenvalue weighted by molar-refractivity contribution is 0.0655. The van der Waals surface area contributed by atoms with Gasteiger partial charge in [-0.05, 0) is 31.5 Å². The lowest BCUT2D eigenvalue weighted by atomic mass is 10.1. The summed E-state index contributed by atoms with van der Waals surface area (Å²) in [6.07, 6.45) is 0. The van der Waals surface area contributed by atoms with E-state index in [2.05, 4.69) is 5.32 Å². The second kappa shape index (κ2) is 5.51. The molecule has 1 atom stereocenters. The first kappa shape index (κ1) is 15.0. The molecule has 1 aromatic carbocycles. The van der Waals surface area contributed by atoms with E-state index in [4.69, 9.17) is 5.14 Å². The molecule has 7 heteroatoms. The third kappa shape index (κ3) is 3.00. The predicted octanol–water partition coefficient (Wildman–Crippen LogP) is 0.0763. The lowest BCUT2D eigenvalue weighted by Crippen LogP contribution is -2.52. The standard InChI is InChI=1S/C13H19N3O3S/c1-9-3-4-11(7-12(9)20(14,18)19)13(17)16-6-5-15-8-10(16)2/h3-4,7,10,15H,5-6,8H2,1-2H3,(H2,14,18,19)/t10-/m1/s1. The fraction of sp³-hybridized carbons (Fsp3) is 0.462. The molecule has 1 aliphatic heterocycles. The minimum Gasteiger partial charge on any atom is -0.333 e. The number of piperazine rings is 1. The second-order valence-electron chi connectivity index (χ2n) is 5.08. The summed E-state index contributed by atoms with van der Waals surface area (Å²) in [5, 5.41) is 8.38. The van der Waals surface area contributed by atoms with E-state index >= 15 is 0 Å². The number of nitrogens with two attached hydrogens (primary N) is 1. The number of primary sulfonamides is 1. The van der Waals surface area contributed by atoms with Crippen LogP contribution in [0.3, 0.4) is 0 Å². The average molecular weight is 297 g/mol. The molecule has 1 heterocycles. The van der Waals surface area contributed by atoms with Gasteiger partial charge < -0.3 is 10.2 Å². The Morgan fingerprint density at radius 2 is 2.15 bits per heavy atom. The molecule has 1 saturated heterocycles. The molecular formula is C13H19N3O3S. The molecule has 20 heavy (non-hydrogen) atoms. The van der Waals surface area contributed by atoms with Crippen molar-refractivity contribution < 1.29 is 13.2 Å². The molecule has 110 valence electrons. The van der Waals surface area contributed by atoms with Gasteiger partial charge in [-0.15, -0.1) is 0 Å². The maximum absolute atomic E-state index is 12.5. The number of benzene rings is 1. The van der Waals surface area contributed by atoms with Crippen molar-refractivity contribution in [3.8, 4) is 0 Å². The van der Waals surface area contributed by atoms with Gasteiger partial charge in [-0.1, -0.05) is 6.07 Å². The van der Waals surface area contributed by atoms with Crippen molar-refractivity contribution in [2.24, 2.45) is 5.14 Å². The molecule has 0 unspecified atom stereocenters. The van der Waals surface area contributed by atoms with Gasteiger partial charge in [0.1, 0.15) is 0 Å². The summed E-state index contributed by atoms with van der Waals surface area (Å²) in [6, 6.07) is 4.69. The summed E-state index contributed by atoms with van der Waals surface area (Å²) in [6.45, 7) is 5.70. The van der Waals surface area contributed by atoms with Gasteiger partial charge in [-0.2, -0.15) is 0 Å². The molecule has 0 spiro atoms. The normalized spacial score (nSPS) is 19.9. The highest BCUT2D eigenvalue weighted by Crippen LogP contribution is 2.18. The number of carbonyl (C=O) groups is 1. The van der Waals surface area contributed by atoms with E-state index in [-0.39, 0.29) is 16.8 Å². The Morgan fingerprint density at radius 1 is 1.45 bits per heavy atom. The highest BCUT2D eigenvalue weighted by molar-refractivity contribution is 7.89. The molecule has 0 aliphatic carbocycles. The average Bonchev–Trinajstić information content (AvgIpc) is 2.37. The van der Waals surface area contributed by atoms with E-state index in [1.54, 1.807) is 24.0 Å². The van der Waals surface area contributed by atoms with Crippen molar-refractivity contribution in [1.29, 1.82) is 0 Å². The number of hydrogen-bond donors (Lipinski definition) is 2. The van der Waals surface area contributed by atoms with E-state index in [9.17, 15) is 13.2 Å². The molecule has 1 fully saturated rings. The Kier molecular flexibility index (Phi) is 4.12. The molecule has 1 aliphatic rings. The van der Waals surface area contributed by atoms with E-state index in [1.807, 2.05) is 6.92 Å². The molecule has 3 N–H and O–H groups in total. The first-order chi connectivity index (χ1) is 9.30. The Bertz CT molecular complexity index is 628. The van der Waals surface area contributed by atoms with E-state index in [0.717, 1.165) is 13.1 Å². The van der Waals surface area contributed by atoms with Crippen LogP contribution >= 0.6 is 0 Å². The van der Waals surface area contributed by atoms with Crippen LogP contribution in [-0.4, -0.2) is 44.9 Å². The zero-order chi connectivity index (χ0) is 14.9. The Balaban J connectivity index is 2.36. The summed E-state index contributed by atoms with van der Waals surface area (Å²) in [5.74, 6) is -0.163. The molecule has 1 amide bonds. The summed E-state index contributed by atoms with van der Waals surface area (Å²) in [7, 11) is -3.82. The van der Waals surface area contributed by atoms with Crippen LogP contribution < -0.4 is 10.5 Å². The summed E-state index contributed by atoms with van der Waals surface area (Å²) in [5.41, 5.74) is 0.894. The number of carbonyl (C=O) groups excluding carboxylic acids is 1. The van der Waals surface area contributed by atoms with Crippen LogP contribution in [0.4, 0.5) is 0 Å².